The third kappa shape index (κ3) is 2.13. The first-order chi connectivity index (χ1) is 9.39. The standard InChI is InChI=1S/C13H15F2NO3S/c14-11-3-2-9(5-12(11)15)20(18,19)16-6-8-1-4-13(17)10(8)7-16/h2-3,5,8,10,13,17H,1,4,6-7H2. The summed E-state index contributed by atoms with van der Waals surface area (Å²) in [4.78, 5) is -0.245. The van der Waals surface area contributed by atoms with Gasteiger partial charge in [-0.2, -0.15) is 4.31 Å². The summed E-state index contributed by atoms with van der Waals surface area (Å²) in [6, 6.07) is 2.58. The lowest BCUT2D eigenvalue weighted by Crippen LogP contribution is -2.31. The van der Waals surface area contributed by atoms with Crippen LogP contribution in [0.15, 0.2) is 23.1 Å². The van der Waals surface area contributed by atoms with Crippen LogP contribution >= 0.6 is 0 Å². The zero-order valence-corrected chi connectivity index (χ0v) is 11.5. The van der Waals surface area contributed by atoms with Crippen LogP contribution in [0.5, 0.6) is 0 Å². The van der Waals surface area contributed by atoms with Gasteiger partial charge < -0.3 is 5.11 Å². The van der Waals surface area contributed by atoms with Crippen molar-refractivity contribution in [2.45, 2.75) is 23.8 Å². The van der Waals surface area contributed by atoms with E-state index in [-0.39, 0.29) is 23.3 Å². The monoisotopic (exact) mass is 303 g/mol. The van der Waals surface area contributed by atoms with E-state index < -0.39 is 27.8 Å². The van der Waals surface area contributed by atoms with E-state index in [1.54, 1.807) is 0 Å². The topological polar surface area (TPSA) is 57.6 Å². The van der Waals surface area contributed by atoms with E-state index in [1.807, 2.05) is 0 Å². The number of aliphatic hydroxyl groups excluding tert-OH is 1. The summed E-state index contributed by atoms with van der Waals surface area (Å²) >= 11 is 0. The second-order valence-corrected chi connectivity index (χ2v) is 7.40. The van der Waals surface area contributed by atoms with Gasteiger partial charge in [-0.05, 0) is 37.0 Å². The number of hydrogen-bond acceptors (Lipinski definition) is 3. The van der Waals surface area contributed by atoms with Crippen LogP contribution in [0.1, 0.15) is 12.8 Å². The minimum absolute atomic E-state index is 0.0462. The molecular formula is C13H15F2NO3S. The van der Waals surface area contributed by atoms with E-state index in [1.165, 1.54) is 4.31 Å². The second-order valence-electron chi connectivity index (χ2n) is 5.47. The van der Waals surface area contributed by atoms with Crippen molar-refractivity contribution in [3.05, 3.63) is 29.8 Å². The number of aliphatic hydroxyl groups is 1. The number of fused-ring (bicyclic) bond motifs is 1. The van der Waals surface area contributed by atoms with E-state index in [9.17, 15) is 22.3 Å². The molecule has 2 fully saturated rings. The average molecular weight is 303 g/mol. The third-order valence-corrected chi connectivity index (χ3v) is 6.14. The van der Waals surface area contributed by atoms with E-state index in [2.05, 4.69) is 0 Å². The van der Waals surface area contributed by atoms with E-state index in [0.29, 0.717) is 19.0 Å². The molecule has 0 amide bonds. The van der Waals surface area contributed by atoms with E-state index >= 15 is 0 Å². The molecule has 0 radical (unpaired) electrons. The molecular weight excluding hydrogens is 288 g/mol. The Bertz CT molecular complexity index is 635. The molecule has 1 saturated carbocycles. The Kier molecular flexibility index (Phi) is 3.30. The van der Waals surface area contributed by atoms with Crippen LogP contribution in [-0.2, 0) is 10.0 Å². The minimum Gasteiger partial charge on any atom is -0.393 e. The van der Waals surface area contributed by atoms with Gasteiger partial charge >= 0.3 is 0 Å². The highest BCUT2D eigenvalue weighted by Crippen LogP contribution is 2.40. The Hall–Kier alpha value is -1.05. The zero-order valence-electron chi connectivity index (χ0n) is 10.7. The lowest BCUT2D eigenvalue weighted by molar-refractivity contribution is 0.129. The van der Waals surface area contributed by atoms with Crippen LogP contribution in [0, 0.1) is 23.5 Å². The molecule has 110 valence electrons. The molecule has 1 N–H and O–H groups in total. The third-order valence-electron chi connectivity index (χ3n) is 4.31. The molecule has 3 rings (SSSR count). The summed E-state index contributed by atoms with van der Waals surface area (Å²) in [6.45, 7) is 0.580. The molecule has 1 saturated heterocycles. The van der Waals surface area contributed by atoms with Crippen molar-refractivity contribution < 1.29 is 22.3 Å². The minimum atomic E-state index is -3.83. The molecule has 20 heavy (non-hydrogen) atoms. The maximum atomic E-state index is 13.2. The highest BCUT2D eigenvalue weighted by molar-refractivity contribution is 7.89. The molecule has 3 unspecified atom stereocenters. The van der Waals surface area contributed by atoms with Crippen LogP contribution < -0.4 is 0 Å². The molecule has 1 aliphatic heterocycles. The van der Waals surface area contributed by atoms with Gasteiger partial charge in [0.15, 0.2) is 11.6 Å². The van der Waals surface area contributed by atoms with Crippen LogP contribution in [-0.4, -0.2) is 37.0 Å². The fourth-order valence-corrected chi connectivity index (χ4v) is 4.73. The predicted molar refractivity (Wildman–Crippen MR) is 67.3 cm³/mol. The Morgan fingerprint density at radius 3 is 2.55 bits per heavy atom. The summed E-state index contributed by atoms with van der Waals surface area (Å²) in [6.07, 6.45) is 1.04. The molecule has 1 heterocycles. The molecule has 3 atom stereocenters. The maximum absolute atomic E-state index is 13.2. The van der Waals surface area contributed by atoms with Gasteiger partial charge in [-0.25, -0.2) is 17.2 Å². The Labute approximate surface area is 116 Å². The van der Waals surface area contributed by atoms with Crippen LogP contribution in [0.25, 0.3) is 0 Å². The quantitative estimate of drug-likeness (QED) is 0.897. The number of sulfonamides is 1. The van der Waals surface area contributed by atoms with Gasteiger partial charge in [0, 0.05) is 19.0 Å². The molecule has 0 bridgehead atoms. The van der Waals surface area contributed by atoms with Crippen molar-refractivity contribution in [3.63, 3.8) is 0 Å². The first-order valence-electron chi connectivity index (χ1n) is 6.53. The number of rotatable bonds is 2. The first-order valence-corrected chi connectivity index (χ1v) is 7.97. The fourth-order valence-electron chi connectivity index (χ4n) is 3.18. The van der Waals surface area contributed by atoms with Gasteiger partial charge in [0.25, 0.3) is 0 Å². The van der Waals surface area contributed by atoms with Crippen molar-refractivity contribution in [2.24, 2.45) is 11.8 Å². The zero-order chi connectivity index (χ0) is 14.5. The molecule has 0 aromatic heterocycles. The van der Waals surface area contributed by atoms with Gasteiger partial charge in [-0.15, -0.1) is 0 Å². The van der Waals surface area contributed by atoms with Gasteiger partial charge in [-0.1, -0.05) is 0 Å². The van der Waals surface area contributed by atoms with E-state index in [4.69, 9.17) is 0 Å². The van der Waals surface area contributed by atoms with Crippen LogP contribution in [0.2, 0.25) is 0 Å². The molecule has 0 spiro atoms. The predicted octanol–water partition coefficient (Wildman–Crippen LogP) is 1.36. The summed E-state index contributed by atoms with van der Waals surface area (Å²) in [5.41, 5.74) is 0. The van der Waals surface area contributed by atoms with Crippen molar-refractivity contribution in [3.8, 4) is 0 Å². The second kappa shape index (κ2) is 4.75. The molecule has 1 aromatic carbocycles. The average Bonchev–Trinajstić information content (AvgIpc) is 2.96. The Morgan fingerprint density at radius 1 is 1.15 bits per heavy atom. The SMILES string of the molecule is O=S(=O)(c1ccc(F)c(F)c1)N1CC2CCC(O)C2C1. The van der Waals surface area contributed by atoms with Crippen molar-refractivity contribution >= 4 is 10.0 Å². The van der Waals surface area contributed by atoms with Gasteiger partial charge in [0.1, 0.15) is 0 Å². The van der Waals surface area contributed by atoms with Gasteiger partial charge in [-0.3, -0.25) is 0 Å². The van der Waals surface area contributed by atoms with Crippen LogP contribution in [0.4, 0.5) is 8.78 Å². The normalized spacial score (nSPS) is 30.6. The molecule has 4 nitrogen and oxygen atoms in total. The lowest BCUT2D eigenvalue weighted by atomic mass is 10.00. The maximum Gasteiger partial charge on any atom is 0.243 e. The number of benzene rings is 1. The summed E-state index contributed by atoms with van der Waals surface area (Å²) in [7, 11) is -3.83. The van der Waals surface area contributed by atoms with Crippen molar-refractivity contribution in [1.82, 2.24) is 4.31 Å². The fraction of sp³-hybridized carbons (Fsp3) is 0.538. The number of halogens is 2. The molecule has 1 aliphatic carbocycles. The smallest absolute Gasteiger partial charge is 0.243 e. The highest BCUT2D eigenvalue weighted by Gasteiger charge is 2.45. The summed E-state index contributed by atoms with van der Waals surface area (Å²) in [5, 5.41) is 9.80. The van der Waals surface area contributed by atoms with E-state index in [0.717, 1.165) is 18.6 Å². The molecule has 7 heteroatoms. The van der Waals surface area contributed by atoms with Gasteiger partial charge in [0.2, 0.25) is 10.0 Å². The van der Waals surface area contributed by atoms with Crippen LogP contribution in [0.3, 0.4) is 0 Å². The summed E-state index contributed by atoms with van der Waals surface area (Å²) < 4.78 is 52.1. The Balaban J connectivity index is 1.88. The largest absolute Gasteiger partial charge is 0.393 e. The highest BCUT2D eigenvalue weighted by atomic mass is 32.2. The lowest BCUT2D eigenvalue weighted by Gasteiger charge is -2.18. The molecule has 1 aromatic rings. The first kappa shape index (κ1) is 13.9. The van der Waals surface area contributed by atoms with Gasteiger partial charge in [0.05, 0.1) is 11.0 Å². The number of nitrogens with zero attached hydrogens (tertiary/aromatic N) is 1. The number of hydrogen-bond donors (Lipinski definition) is 1. The van der Waals surface area contributed by atoms with Crippen molar-refractivity contribution in [2.75, 3.05) is 13.1 Å². The summed E-state index contributed by atoms with van der Waals surface area (Å²) in [5.74, 6) is -2.14. The molecule has 2 aliphatic rings. The Morgan fingerprint density at radius 2 is 1.90 bits per heavy atom. The van der Waals surface area contributed by atoms with Crippen molar-refractivity contribution in [1.29, 1.82) is 0 Å².